The normalized spacial score (nSPS) is 17.3. The van der Waals surface area contributed by atoms with Crippen LogP contribution in [0.25, 0.3) is 0 Å². The summed E-state index contributed by atoms with van der Waals surface area (Å²) in [6.07, 6.45) is 3.80. The summed E-state index contributed by atoms with van der Waals surface area (Å²) in [5, 5.41) is 10.9. The van der Waals surface area contributed by atoms with Crippen molar-refractivity contribution in [1.29, 1.82) is 0 Å². The van der Waals surface area contributed by atoms with Gasteiger partial charge >= 0.3 is 0 Å². The van der Waals surface area contributed by atoms with Gasteiger partial charge in [0.15, 0.2) is 0 Å². The fraction of sp³-hybridized carbons (Fsp3) is 0.467. The van der Waals surface area contributed by atoms with Gasteiger partial charge in [-0.05, 0) is 26.6 Å². The van der Waals surface area contributed by atoms with Crippen LogP contribution in [-0.4, -0.2) is 30.6 Å². The van der Waals surface area contributed by atoms with Gasteiger partial charge in [-0.1, -0.05) is 49.4 Å². The van der Waals surface area contributed by atoms with Crippen molar-refractivity contribution >= 4 is 0 Å². The van der Waals surface area contributed by atoms with E-state index in [0.29, 0.717) is 0 Å². The minimum Gasteiger partial charge on any atom is -0.381 e. The Morgan fingerprint density at radius 3 is 2.35 bits per heavy atom. The molecule has 0 aromatic heterocycles. The summed E-state index contributed by atoms with van der Waals surface area (Å²) in [6.45, 7) is 4.86. The Bertz CT molecular complexity index is 358. The summed E-state index contributed by atoms with van der Waals surface area (Å²) >= 11 is 0. The molecule has 0 bridgehead atoms. The van der Waals surface area contributed by atoms with E-state index in [2.05, 4.69) is 11.8 Å². The Hall–Kier alpha value is -1.12. The molecule has 2 heteroatoms. The van der Waals surface area contributed by atoms with Crippen LogP contribution < -0.4 is 0 Å². The summed E-state index contributed by atoms with van der Waals surface area (Å²) in [5.41, 5.74) is 0.0627. The second-order valence-corrected chi connectivity index (χ2v) is 4.85. The van der Waals surface area contributed by atoms with E-state index in [1.165, 1.54) is 0 Å². The summed E-state index contributed by atoms with van der Waals surface area (Å²) in [4.78, 5) is 2.10. The Labute approximate surface area is 105 Å². The molecule has 0 aliphatic rings. The lowest BCUT2D eigenvalue weighted by Crippen LogP contribution is -2.37. The van der Waals surface area contributed by atoms with Crippen LogP contribution in [0.1, 0.15) is 19.4 Å². The van der Waals surface area contributed by atoms with Crippen LogP contribution in [0.5, 0.6) is 0 Å². The quantitative estimate of drug-likeness (QED) is 0.790. The first kappa shape index (κ1) is 13.9. The molecule has 0 aliphatic carbocycles. The molecular formula is C15H23NO. The lowest BCUT2D eigenvalue weighted by Gasteiger charge is -2.33. The monoisotopic (exact) mass is 233 g/mol. The van der Waals surface area contributed by atoms with E-state index >= 15 is 0 Å². The minimum atomic E-state index is -0.889. The van der Waals surface area contributed by atoms with Crippen LogP contribution in [0, 0.1) is 5.92 Å². The van der Waals surface area contributed by atoms with Gasteiger partial charge in [-0.15, -0.1) is 0 Å². The van der Waals surface area contributed by atoms with E-state index in [0.717, 1.165) is 12.1 Å². The zero-order valence-electron chi connectivity index (χ0n) is 11.2. The smallest absolute Gasteiger partial charge is 0.111 e. The molecule has 0 spiro atoms. The average Bonchev–Trinajstić information content (AvgIpc) is 2.29. The number of hydrogen-bond donors (Lipinski definition) is 1. The molecule has 0 aliphatic heterocycles. The van der Waals surface area contributed by atoms with Gasteiger partial charge in [-0.2, -0.15) is 0 Å². The van der Waals surface area contributed by atoms with E-state index in [-0.39, 0.29) is 5.92 Å². The number of hydrogen-bond acceptors (Lipinski definition) is 2. The Morgan fingerprint density at radius 2 is 1.88 bits per heavy atom. The molecular weight excluding hydrogens is 210 g/mol. The van der Waals surface area contributed by atoms with Crippen molar-refractivity contribution in [2.45, 2.75) is 19.4 Å². The largest absolute Gasteiger partial charge is 0.381 e. The molecule has 0 unspecified atom stereocenters. The van der Waals surface area contributed by atoms with E-state index in [1.807, 2.05) is 63.5 Å². The highest BCUT2D eigenvalue weighted by atomic mass is 16.3. The van der Waals surface area contributed by atoms with Crippen molar-refractivity contribution < 1.29 is 5.11 Å². The molecule has 17 heavy (non-hydrogen) atoms. The molecule has 1 aromatic rings. The fourth-order valence-corrected chi connectivity index (χ4v) is 2.19. The maximum absolute atomic E-state index is 10.9. The second kappa shape index (κ2) is 5.99. The number of nitrogens with zero attached hydrogens (tertiary/aromatic N) is 1. The van der Waals surface area contributed by atoms with Gasteiger partial charge in [0, 0.05) is 12.5 Å². The SMILES string of the molecule is CC=C[C@](O)(c1ccccc1)[C@H](C)CN(C)C. The van der Waals surface area contributed by atoms with Gasteiger partial charge in [0.05, 0.1) is 0 Å². The van der Waals surface area contributed by atoms with Crippen LogP contribution in [0.4, 0.5) is 0 Å². The van der Waals surface area contributed by atoms with Crippen LogP contribution in [0.3, 0.4) is 0 Å². The number of allylic oxidation sites excluding steroid dienone is 1. The Kier molecular flexibility index (Phi) is 4.91. The van der Waals surface area contributed by atoms with Crippen molar-refractivity contribution in [2.75, 3.05) is 20.6 Å². The van der Waals surface area contributed by atoms with Crippen molar-refractivity contribution in [3.8, 4) is 0 Å². The lowest BCUT2D eigenvalue weighted by atomic mass is 9.81. The van der Waals surface area contributed by atoms with Crippen molar-refractivity contribution in [2.24, 2.45) is 5.92 Å². The summed E-state index contributed by atoms with van der Waals surface area (Å²) in [6, 6.07) is 9.85. The first-order chi connectivity index (χ1) is 8.00. The van der Waals surface area contributed by atoms with Crippen LogP contribution in [-0.2, 0) is 5.60 Å². The van der Waals surface area contributed by atoms with E-state index in [9.17, 15) is 5.11 Å². The first-order valence-electron chi connectivity index (χ1n) is 6.07. The van der Waals surface area contributed by atoms with Crippen molar-refractivity contribution in [1.82, 2.24) is 4.90 Å². The van der Waals surface area contributed by atoms with Gasteiger partial charge in [0.25, 0.3) is 0 Å². The molecule has 0 amide bonds. The molecule has 2 atom stereocenters. The second-order valence-electron chi connectivity index (χ2n) is 4.85. The van der Waals surface area contributed by atoms with E-state index in [4.69, 9.17) is 0 Å². The number of aliphatic hydroxyl groups is 1. The van der Waals surface area contributed by atoms with Crippen LogP contribution in [0.15, 0.2) is 42.5 Å². The third-order valence-corrected chi connectivity index (χ3v) is 3.05. The van der Waals surface area contributed by atoms with Crippen molar-refractivity contribution in [3.05, 3.63) is 48.0 Å². The van der Waals surface area contributed by atoms with Crippen molar-refractivity contribution in [3.63, 3.8) is 0 Å². The summed E-state index contributed by atoms with van der Waals surface area (Å²) in [7, 11) is 4.05. The zero-order chi connectivity index (χ0) is 12.9. The summed E-state index contributed by atoms with van der Waals surface area (Å²) in [5.74, 6) is 0.135. The first-order valence-corrected chi connectivity index (χ1v) is 6.07. The zero-order valence-corrected chi connectivity index (χ0v) is 11.2. The molecule has 94 valence electrons. The molecule has 0 saturated heterocycles. The Balaban J connectivity index is 3.05. The number of benzene rings is 1. The Morgan fingerprint density at radius 1 is 1.29 bits per heavy atom. The van der Waals surface area contributed by atoms with Gasteiger partial charge in [0.2, 0.25) is 0 Å². The molecule has 1 rings (SSSR count). The molecule has 0 fully saturated rings. The van der Waals surface area contributed by atoms with E-state index < -0.39 is 5.60 Å². The predicted molar refractivity (Wildman–Crippen MR) is 72.9 cm³/mol. The van der Waals surface area contributed by atoms with Gasteiger partial charge in [0.1, 0.15) is 5.60 Å². The van der Waals surface area contributed by atoms with Crippen LogP contribution in [0.2, 0.25) is 0 Å². The predicted octanol–water partition coefficient (Wildman–Crippen LogP) is 2.65. The minimum absolute atomic E-state index is 0.135. The highest BCUT2D eigenvalue weighted by Gasteiger charge is 2.32. The maximum Gasteiger partial charge on any atom is 0.111 e. The molecule has 0 saturated carbocycles. The lowest BCUT2D eigenvalue weighted by molar-refractivity contribution is 0.0208. The average molecular weight is 233 g/mol. The molecule has 2 nitrogen and oxygen atoms in total. The molecule has 1 aromatic carbocycles. The summed E-state index contributed by atoms with van der Waals surface area (Å²) < 4.78 is 0. The highest BCUT2D eigenvalue weighted by Crippen LogP contribution is 2.31. The third-order valence-electron chi connectivity index (χ3n) is 3.05. The number of rotatable bonds is 5. The van der Waals surface area contributed by atoms with Gasteiger partial charge < -0.3 is 10.0 Å². The highest BCUT2D eigenvalue weighted by molar-refractivity contribution is 5.28. The topological polar surface area (TPSA) is 23.5 Å². The standard InChI is InChI=1S/C15H23NO/c1-5-11-15(17,13(2)12-16(3)4)14-9-7-6-8-10-14/h5-11,13,17H,12H2,1-4H3/t13-,15-/m1/s1. The van der Waals surface area contributed by atoms with E-state index in [1.54, 1.807) is 0 Å². The molecule has 1 N–H and O–H groups in total. The third kappa shape index (κ3) is 3.42. The van der Waals surface area contributed by atoms with Crippen LogP contribution >= 0.6 is 0 Å². The fourth-order valence-electron chi connectivity index (χ4n) is 2.19. The molecule has 0 radical (unpaired) electrons. The van der Waals surface area contributed by atoms with Gasteiger partial charge in [-0.3, -0.25) is 0 Å². The van der Waals surface area contributed by atoms with Gasteiger partial charge in [-0.25, -0.2) is 0 Å². The maximum atomic E-state index is 10.9. The molecule has 0 heterocycles.